The van der Waals surface area contributed by atoms with Crippen molar-refractivity contribution in [3.05, 3.63) is 48.2 Å². The summed E-state index contributed by atoms with van der Waals surface area (Å²) in [6, 6.07) is 7.14. The molecule has 1 aromatic carbocycles. The Morgan fingerprint density at radius 3 is 2.40 bits per heavy atom. The molecule has 76 valence electrons. The first-order chi connectivity index (χ1) is 7.16. The smallest absolute Gasteiger partial charge is 0.371 e. The Bertz CT molecular complexity index is 485. The Morgan fingerprint density at radius 2 is 1.87 bits per heavy atom. The highest BCUT2D eigenvalue weighted by Gasteiger charge is 2.09. The Hall–Kier alpha value is -2.10. The Kier molecular flexibility index (Phi) is 2.25. The first-order valence-corrected chi connectivity index (χ1v) is 4.24. The maximum atomic E-state index is 12.6. The fraction of sp³-hybridized carbons (Fsp3) is 0. The lowest BCUT2D eigenvalue weighted by molar-refractivity contribution is 0.0662. The molecule has 2 rings (SSSR count). The summed E-state index contributed by atoms with van der Waals surface area (Å²) in [6.07, 6.45) is 1.33. The largest absolute Gasteiger partial charge is 0.475 e. The summed E-state index contributed by atoms with van der Waals surface area (Å²) >= 11 is 0. The highest BCUT2D eigenvalue weighted by atomic mass is 19.1. The molecule has 0 unspecified atom stereocenters. The van der Waals surface area contributed by atoms with Crippen LogP contribution < -0.4 is 0 Å². The van der Waals surface area contributed by atoms with Gasteiger partial charge in [0, 0.05) is 5.56 Å². The third-order valence-corrected chi connectivity index (χ3v) is 1.99. The predicted octanol–water partition coefficient (Wildman–Crippen LogP) is 2.78. The minimum atomic E-state index is -1.12. The van der Waals surface area contributed by atoms with E-state index in [0.29, 0.717) is 11.1 Å². The van der Waals surface area contributed by atoms with Crippen LogP contribution in [0.4, 0.5) is 4.39 Å². The number of carboxylic acids is 1. The fourth-order valence-electron chi connectivity index (χ4n) is 1.24. The average Bonchev–Trinajstić information content (AvgIpc) is 2.68. The van der Waals surface area contributed by atoms with E-state index >= 15 is 0 Å². The Balaban J connectivity index is 2.37. The number of carbonyl (C=O) groups is 1. The van der Waals surface area contributed by atoms with Gasteiger partial charge in [-0.25, -0.2) is 9.18 Å². The van der Waals surface area contributed by atoms with E-state index in [1.165, 1.54) is 24.5 Å². The van der Waals surface area contributed by atoms with Crippen molar-refractivity contribution in [3.63, 3.8) is 0 Å². The zero-order valence-corrected chi connectivity index (χ0v) is 7.61. The van der Waals surface area contributed by atoms with Gasteiger partial charge >= 0.3 is 5.97 Å². The molecule has 2 aromatic rings. The van der Waals surface area contributed by atoms with Crippen LogP contribution in [0.2, 0.25) is 0 Å². The summed E-state index contributed by atoms with van der Waals surface area (Å²) in [5.74, 6) is -1.58. The van der Waals surface area contributed by atoms with E-state index in [1.54, 1.807) is 12.1 Å². The van der Waals surface area contributed by atoms with Crippen LogP contribution in [0.15, 0.2) is 41.0 Å². The molecule has 15 heavy (non-hydrogen) atoms. The number of hydrogen-bond donors (Lipinski definition) is 1. The molecule has 1 aromatic heterocycles. The molecule has 4 heteroatoms. The van der Waals surface area contributed by atoms with Crippen LogP contribution in [0.25, 0.3) is 11.1 Å². The second-order valence-electron chi connectivity index (χ2n) is 3.01. The van der Waals surface area contributed by atoms with Gasteiger partial charge in [0.2, 0.25) is 5.76 Å². The number of hydrogen-bond acceptors (Lipinski definition) is 2. The number of rotatable bonds is 2. The Labute approximate surface area is 84.8 Å². The first-order valence-electron chi connectivity index (χ1n) is 4.24. The average molecular weight is 206 g/mol. The molecule has 0 fully saturated rings. The number of carboxylic acid groups (broad SMARTS) is 1. The van der Waals surface area contributed by atoms with E-state index in [-0.39, 0.29) is 11.6 Å². The lowest BCUT2D eigenvalue weighted by atomic mass is 10.1. The van der Waals surface area contributed by atoms with Crippen LogP contribution in [0.3, 0.4) is 0 Å². The molecule has 0 radical (unpaired) electrons. The monoisotopic (exact) mass is 206 g/mol. The number of halogens is 1. The molecule has 1 N–H and O–H groups in total. The molecule has 0 atom stereocenters. The minimum absolute atomic E-state index is 0.130. The van der Waals surface area contributed by atoms with E-state index in [0.717, 1.165) is 0 Å². The van der Waals surface area contributed by atoms with Crippen LogP contribution in [0, 0.1) is 5.82 Å². The summed E-state index contributed by atoms with van der Waals surface area (Å²) in [5.41, 5.74) is 1.33. The molecule has 1 heterocycles. The van der Waals surface area contributed by atoms with Crippen LogP contribution in [0.1, 0.15) is 10.6 Å². The van der Waals surface area contributed by atoms with Crippen molar-refractivity contribution in [2.24, 2.45) is 0 Å². The van der Waals surface area contributed by atoms with Crippen LogP contribution >= 0.6 is 0 Å². The number of aromatic carboxylic acids is 1. The van der Waals surface area contributed by atoms with Gasteiger partial charge in [0.1, 0.15) is 5.82 Å². The van der Waals surface area contributed by atoms with Gasteiger partial charge in [-0.3, -0.25) is 0 Å². The lowest BCUT2D eigenvalue weighted by Crippen LogP contribution is -1.91. The highest BCUT2D eigenvalue weighted by Crippen LogP contribution is 2.22. The summed E-state index contributed by atoms with van der Waals surface area (Å²) in [4.78, 5) is 10.5. The zero-order valence-electron chi connectivity index (χ0n) is 7.61. The molecular formula is C11H7FO3. The van der Waals surface area contributed by atoms with Crippen LogP contribution in [-0.2, 0) is 0 Å². The lowest BCUT2D eigenvalue weighted by Gasteiger charge is -1.94. The molecule has 0 amide bonds. The molecule has 0 saturated carbocycles. The standard InChI is InChI=1S/C11H7FO3/c12-9-3-1-7(2-4-9)8-5-10(11(13)14)15-6-8/h1-6H,(H,13,14). The molecule has 3 nitrogen and oxygen atoms in total. The normalized spacial score (nSPS) is 10.2. The van der Waals surface area contributed by atoms with Gasteiger partial charge in [-0.05, 0) is 23.8 Å². The van der Waals surface area contributed by atoms with Crippen molar-refractivity contribution in [2.45, 2.75) is 0 Å². The number of furan rings is 1. The second-order valence-corrected chi connectivity index (χ2v) is 3.01. The van der Waals surface area contributed by atoms with Crippen molar-refractivity contribution in [1.82, 2.24) is 0 Å². The van der Waals surface area contributed by atoms with E-state index in [4.69, 9.17) is 9.52 Å². The topological polar surface area (TPSA) is 50.4 Å². The molecule has 0 aliphatic rings. The third-order valence-electron chi connectivity index (χ3n) is 1.99. The Morgan fingerprint density at radius 1 is 1.20 bits per heavy atom. The van der Waals surface area contributed by atoms with E-state index in [1.807, 2.05) is 0 Å². The molecule has 0 saturated heterocycles. The maximum absolute atomic E-state index is 12.6. The van der Waals surface area contributed by atoms with Gasteiger partial charge in [0.05, 0.1) is 6.26 Å². The van der Waals surface area contributed by atoms with Crippen molar-refractivity contribution in [3.8, 4) is 11.1 Å². The molecule has 0 aliphatic carbocycles. The van der Waals surface area contributed by atoms with Crippen LogP contribution in [-0.4, -0.2) is 11.1 Å². The van der Waals surface area contributed by atoms with Crippen molar-refractivity contribution in [1.29, 1.82) is 0 Å². The molecule has 0 bridgehead atoms. The molecular weight excluding hydrogens is 199 g/mol. The SMILES string of the molecule is O=C(O)c1cc(-c2ccc(F)cc2)co1. The molecule has 0 spiro atoms. The van der Waals surface area contributed by atoms with E-state index in [9.17, 15) is 9.18 Å². The maximum Gasteiger partial charge on any atom is 0.371 e. The van der Waals surface area contributed by atoms with Gasteiger partial charge in [0.25, 0.3) is 0 Å². The molecule has 0 aliphatic heterocycles. The minimum Gasteiger partial charge on any atom is -0.475 e. The second kappa shape index (κ2) is 3.57. The van der Waals surface area contributed by atoms with Gasteiger partial charge < -0.3 is 9.52 Å². The summed E-state index contributed by atoms with van der Waals surface area (Å²) in [7, 11) is 0. The van der Waals surface area contributed by atoms with Gasteiger partial charge in [0.15, 0.2) is 0 Å². The van der Waals surface area contributed by atoms with E-state index < -0.39 is 5.97 Å². The highest BCUT2D eigenvalue weighted by molar-refractivity contribution is 5.86. The summed E-state index contributed by atoms with van der Waals surface area (Å²) in [5, 5.41) is 8.64. The van der Waals surface area contributed by atoms with E-state index in [2.05, 4.69) is 0 Å². The van der Waals surface area contributed by atoms with Crippen molar-refractivity contribution < 1.29 is 18.7 Å². The number of benzene rings is 1. The predicted molar refractivity (Wildman–Crippen MR) is 51.1 cm³/mol. The van der Waals surface area contributed by atoms with Crippen molar-refractivity contribution >= 4 is 5.97 Å². The zero-order chi connectivity index (χ0) is 10.8. The van der Waals surface area contributed by atoms with Gasteiger partial charge in [-0.1, -0.05) is 12.1 Å². The first kappa shape index (κ1) is 9.45. The summed E-state index contributed by atoms with van der Waals surface area (Å²) in [6.45, 7) is 0. The van der Waals surface area contributed by atoms with Crippen molar-refractivity contribution in [2.75, 3.05) is 0 Å². The quantitative estimate of drug-likeness (QED) is 0.821. The van der Waals surface area contributed by atoms with Gasteiger partial charge in [-0.15, -0.1) is 0 Å². The third kappa shape index (κ3) is 1.88. The van der Waals surface area contributed by atoms with Crippen LogP contribution in [0.5, 0.6) is 0 Å². The fourth-order valence-corrected chi connectivity index (χ4v) is 1.24. The summed E-state index contributed by atoms with van der Waals surface area (Å²) < 4.78 is 17.4. The van der Waals surface area contributed by atoms with Gasteiger partial charge in [-0.2, -0.15) is 0 Å².